The first kappa shape index (κ1) is 23.8. The SMILES string of the molecule is CCOC(=O)C1CC(Nc2cc(Cl)cc(Cl)c2)(C(=O)OCC)c2c(Cl)cc(Cl)cc2N1. The molecule has 3 rings (SSSR count). The van der Waals surface area contributed by atoms with Gasteiger partial charge in [-0.25, -0.2) is 9.59 Å². The molecule has 0 spiro atoms. The molecule has 6 nitrogen and oxygen atoms in total. The normalized spacial score (nSPS) is 19.7. The fourth-order valence-electron chi connectivity index (χ4n) is 3.63. The van der Waals surface area contributed by atoms with Crippen molar-refractivity contribution in [2.75, 3.05) is 23.8 Å². The smallest absolute Gasteiger partial charge is 0.336 e. The van der Waals surface area contributed by atoms with Crippen molar-refractivity contribution in [3.63, 3.8) is 0 Å². The van der Waals surface area contributed by atoms with E-state index in [0.717, 1.165) is 0 Å². The molecule has 0 saturated heterocycles. The monoisotopic (exact) mass is 504 g/mol. The molecule has 10 heteroatoms. The third kappa shape index (κ3) is 4.98. The first-order chi connectivity index (χ1) is 14.7. The van der Waals surface area contributed by atoms with Gasteiger partial charge in [-0.2, -0.15) is 0 Å². The van der Waals surface area contributed by atoms with Crippen molar-refractivity contribution < 1.29 is 19.1 Å². The van der Waals surface area contributed by atoms with E-state index < -0.39 is 23.5 Å². The maximum Gasteiger partial charge on any atom is 0.336 e. The highest BCUT2D eigenvalue weighted by Gasteiger charge is 2.51. The molecular weight excluding hydrogens is 486 g/mol. The average molecular weight is 506 g/mol. The Bertz CT molecular complexity index is 997. The lowest BCUT2D eigenvalue weighted by atomic mass is 9.79. The van der Waals surface area contributed by atoms with Crippen LogP contribution < -0.4 is 10.6 Å². The quantitative estimate of drug-likeness (QED) is 0.474. The summed E-state index contributed by atoms with van der Waals surface area (Å²) in [6.07, 6.45) is -0.0385. The van der Waals surface area contributed by atoms with Crippen LogP contribution in [-0.4, -0.2) is 31.2 Å². The summed E-state index contributed by atoms with van der Waals surface area (Å²) in [7, 11) is 0. The zero-order chi connectivity index (χ0) is 22.8. The third-order valence-electron chi connectivity index (χ3n) is 4.74. The number of carbonyl (C=O) groups excluding carboxylic acids is 2. The minimum atomic E-state index is -1.54. The number of halogens is 4. The number of nitrogens with one attached hydrogen (secondary N) is 2. The highest BCUT2D eigenvalue weighted by atomic mass is 35.5. The molecule has 1 aliphatic rings. The number of ether oxygens (including phenoxy) is 2. The molecule has 0 aliphatic carbocycles. The third-order valence-corrected chi connectivity index (χ3v) is 5.69. The molecule has 166 valence electrons. The molecule has 0 saturated carbocycles. The van der Waals surface area contributed by atoms with E-state index in [1.165, 1.54) is 6.07 Å². The van der Waals surface area contributed by atoms with Crippen LogP contribution in [0.2, 0.25) is 20.1 Å². The molecule has 2 aromatic rings. The van der Waals surface area contributed by atoms with Crippen LogP contribution in [0.15, 0.2) is 30.3 Å². The number of hydrogen-bond donors (Lipinski definition) is 2. The van der Waals surface area contributed by atoms with E-state index in [0.29, 0.717) is 32.0 Å². The Hall–Kier alpha value is -1.86. The summed E-state index contributed by atoms with van der Waals surface area (Å²) in [5.74, 6) is -1.14. The van der Waals surface area contributed by atoms with E-state index in [2.05, 4.69) is 10.6 Å². The van der Waals surface area contributed by atoms with Crippen LogP contribution >= 0.6 is 46.4 Å². The van der Waals surface area contributed by atoms with Crippen LogP contribution in [0.5, 0.6) is 0 Å². The van der Waals surface area contributed by atoms with Gasteiger partial charge in [-0.05, 0) is 44.2 Å². The summed E-state index contributed by atoms with van der Waals surface area (Å²) in [4.78, 5) is 26.0. The van der Waals surface area contributed by atoms with Crippen LogP contribution in [0.1, 0.15) is 25.8 Å². The van der Waals surface area contributed by atoms with Crippen molar-refractivity contribution in [2.24, 2.45) is 0 Å². The van der Waals surface area contributed by atoms with Gasteiger partial charge < -0.3 is 20.1 Å². The molecule has 0 fully saturated rings. The molecule has 2 atom stereocenters. The number of rotatable bonds is 6. The zero-order valence-corrected chi connectivity index (χ0v) is 19.8. The van der Waals surface area contributed by atoms with Gasteiger partial charge in [0.25, 0.3) is 0 Å². The number of carbonyl (C=O) groups is 2. The van der Waals surface area contributed by atoms with E-state index in [1.807, 2.05) is 0 Å². The van der Waals surface area contributed by atoms with Crippen molar-refractivity contribution in [1.82, 2.24) is 0 Å². The van der Waals surface area contributed by atoms with Crippen LogP contribution in [0.4, 0.5) is 11.4 Å². The van der Waals surface area contributed by atoms with E-state index >= 15 is 0 Å². The van der Waals surface area contributed by atoms with Crippen LogP contribution in [0.3, 0.4) is 0 Å². The second kappa shape index (κ2) is 9.74. The zero-order valence-electron chi connectivity index (χ0n) is 16.7. The van der Waals surface area contributed by atoms with Gasteiger partial charge >= 0.3 is 11.9 Å². The second-order valence-corrected chi connectivity index (χ2v) is 8.59. The molecule has 31 heavy (non-hydrogen) atoms. The maximum atomic E-state index is 13.4. The highest BCUT2D eigenvalue weighted by molar-refractivity contribution is 6.36. The Kier molecular flexibility index (Phi) is 7.47. The largest absolute Gasteiger partial charge is 0.464 e. The summed E-state index contributed by atoms with van der Waals surface area (Å²) in [6, 6.07) is 7.03. The maximum absolute atomic E-state index is 13.4. The van der Waals surface area contributed by atoms with E-state index in [9.17, 15) is 9.59 Å². The predicted molar refractivity (Wildman–Crippen MR) is 124 cm³/mol. The van der Waals surface area contributed by atoms with Crippen LogP contribution in [0, 0.1) is 0 Å². The first-order valence-corrected chi connectivity index (χ1v) is 11.1. The summed E-state index contributed by atoms with van der Waals surface area (Å²) in [5.41, 5.74) is -0.278. The lowest BCUT2D eigenvalue weighted by molar-refractivity contribution is -0.151. The Balaban J connectivity index is 2.23. The molecule has 2 N–H and O–H groups in total. The molecule has 1 aliphatic heterocycles. The van der Waals surface area contributed by atoms with E-state index in [1.54, 1.807) is 38.1 Å². The van der Waals surface area contributed by atoms with Gasteiger partial charge in [-0.1, -0.05) is 46.4 Å². The fraction of sp³-hybridized carbons (Fsp3) is 0.333. The van der Waals surface area contributed by atoms with Gasteiger partial charge in [-0.15, -0.1) is 0 Å². The van der Waals surface area contributed by atoms with E-state index in [-0.39, 0.29) is 24.7 Å². The molecule has 0 amide bonds. The lowest BCUT2D eigenvalue weighted by Gasteiger charge is -2.42. The fourth-order valence-corrected chi connectivity index (χ4v) is 4.81. The molecular formula is C21H20Cl4N2O4. The molecule has 1 heterocycles. The lowest BCUT2D eigenvalue weighted by Crippen LogP contribution is -2.54. The molecule has 0 bridgehead atoms. The minimum Gasteiger partial charge on any atom is -0.464 e. The van der Waals surface area contributed by atoms with E-state index in [4.69, 9.17) is 55.9 Å². The van der Waals surface area contributed by atoms with Crippen molar-refractivity contribution in [1.29, 1.82) is 0 Å². The average Bonchev–Trinajstić information content (AvgIpc) is 2.66. The number of anilines is 2. The van der Waals surface area contributed by atoms with Crippen LogP contribution in [0.25, 0.3) is 0 Å². The number of esters is 2. The molecule has 2 unspecified atom stereocenters. The summed E-state index contributed by atoms with van der Waals surface area (Å²) >= 11 is 25.1. The summed E-state index contributed by atoms with van der Waals surface area (Å²) in [6.45, 7) is 3.70. The van der Waals surface area contributed by atoms with Crippen molar-refractivity contribution in [3.05, 3.63) is 56.0 Å². The number of benzene rings is 2. The molecule has 0 aromatic heterocycles. The van der Waals surface area contributed by atoms with Crippen molar-refractivity contribution >= 4 is 69.7 Å². The number of hydrogen-bond acceptors (Lipinski definition) is 6. The van der Waals surface area contributed by atoms with Crippen molar-refractivity contribution in [2.45, 2.75) is 31.8 Å². The Labute approximate surface area is 200 Å². The van der Waals surface area contributed by atoms with Gasteiger partial charge in [-0.3, -0.25) is 0 Å². The summed E-state index contributed by atoms with van der Waals surface area (Å²) < 4.78 is 10.6. The Morgan fingerprint density at radius 3 is 2.23 bits per heavy atom. The summed E-state index contributed by atoms with van der Waals surface area (Å²) in [5, 5.41) is 7.57. The minimum absolute atomic E-state index is 0.0385. The van der Waals surface area contributed by atoms with Gasteiger partial charge in [0.2, 0.25) is 0 Å². The Morgan fingerprint density at radius 2 is 1.61 bits per heavy atom. The number of fused-ring (bicyclic) bond motifs is 1. The van der Waals surface area contributed by atoms with Crippen molar-refractivity contribution in [3.8, 4) is 0 Å². The van der Waals surface area contributed by atoms with Gasteiger partial charge in [0.05, 0.1) is 18.2 Å². The predicted octanol–water partition coefficient (Wildman–Crippen LogP) is 5.92. The molecule has 0 radical (unpaired) electrons. The Morgan fingerprint density at radius 1 is 1.00 bits per heavy atom. The van der Waals surface area contributed by atoms with Gasteiger partial charge in [0.1, 0.15) is 6.04 Å². The first-order valence-electron chi connectivity index (χ1n) is 9.54. The standard InChI is InChI=1S/C21H20Cl4N2O4/c1-3-30-19(28)17-10-21(20(29)31-4-2,27-14-6-11(22)5-12(23)7-14)18-15(25)8-13(24)9-16(18)26-17/h5-9,17,26-27H,3-4,10H2,1-2H3. The highest BCUT2D eigenvalue weighted by Crippen LogP contribution is 2.46. The van der Waals surface area contributed by atoms with Crippen LogP contribution in [-0.2, 0) is 24.6 Å². The van der Waals surface area contributed by atoms with Gasteiger partial charge in [0, 0.05) is 38.4 Å². The molecule has 2 aromatic carbocycles. The second-order valence-electron chi connectivity index (χ2n) is 6.87. The van der Waals surface area contributed by atoms with Gasteiger partial charge in [0.15, 0.2) is 5.54 Å². The topological polar surface area (TPSA) is 76.7 Å².